The lowest BCUT2D eigenvalue weighted by molar-refractivity contribution is 0.398. The molecule has 0 radical (unpaired) electrons. The van der Waals surface area contributed by atoms with Crippen molar-refractivity contribution in [3.8, 4) is 17.2 Å². The first-order valence-corrected chi connectivity index (χ1v) is 7.74. The van der Waals surface area contributed by atoms with Crippen molar-refractivity contribution < 1.29 is 9.15 Å². The average Bonchev–Trinajstić information content (AvgIpc) is 3.02. The number of benzene rings is 1. The van der Waals surface area contributed by atoms with Gasteiger partial charge in [0.15, 0.2) is 0 Å². The van der Waals surface area contributed by atoms with E-state index in [4.69, 9.17) is 9.15 Å². The predicted octanol–water partition coefficient (Wildman–Crippen LogP) is 3.54. The second kappa shape index (κ2) is 7.01. The van der Waals surface area contributed by atoms with Gasteiger partial charge in [0, 0.05) is 28.6 Å². The highest BCUT2D eigenvalue weighted by atomic mass is 16.5. The Bertz CT molecular complexity index is 969. The zero-order chi connectivity index (χ0) is 16.9. The minimum Gasteiger partial charge on any atom is -0.481 e. The van der Waals surface area contributed by atoms with Crippen molar-refractivity contribution in [3.05, 3.63) is 83.1 Å². The molecule has 120 valence electrons. The van der Waals surface area contributed by atoms with Crippen LogP contribution in [0, 0.1) is 0 Å². The second-order valence-electron chi connectivity index (χ2n) is 5.33. The van der Waals surface area contributed by atoms with Gasteiger partial charge in [-0.15, -0.1) is 0 Å². The van der Waals surface area contributed by atoms with Crippen LogP contribution in [-0.2, 0) is 0 Å². The molecular formula is C21H19NO2. The summed E-state index contributed by atoms with van der Waals surface area (Å²) in [5.74, 6) is 1.30. The van der Waals surface area contributed by atoms with E-state index in [2.05, 4.69) is 23.7 Å². The number of hydrogen-bond acceptors (Lipinski definition) is 3. The zero-order valence-corrected chi connectivity index (χ0v) is 13.8. The molecule has 0 atom stereocenters. The van der Waals surface area contributed by atoms with Gasteiger partial charge >= 0.3 is 0 Å². The van der Waals surface area contributed by atoms with E-state index in [0.717, 1.165) is 33.1 Å². The molecule has 3 aromatic rings. The minimum absolute atomic E-state index is 0.553. The maximum absolute atomic E-state index is 6.13. The third kappa shape index (κ3) is 3.15. The number of methoxy groups -OCH3 is 1. The number of furan rings is 1. The molecule has 0 saturated heterocycles. The van der Waals surface area contributed by atoms with E-state index in [-0.39, 0.29) is 0 Å². The first kappa shape index (κ1) is 15.8. The highest BCUT2D eigenvalue weighted by Crippen LogP contribution is 2.21. The van der Waals surface area contributed by atoms with Crippen molar-refractivity contribution in [2.45, 2.75) is 6.92 Å². The molecule has 0 N–H and O–H groups in total. The van der Waals surface area contributed by atoms with Crippen molar-refractivity contribution in [2.75, 3.05) is 7.11 Å². The van der Waals surface area contributed by atoms with Crippen LogP contribution in [-0.4, -0.2) is 12.1 Å². The smallest absolute Gasteiger partial charge is 0.213 e. The number of ether oxygens (including phenoxy) is 1. The van der Waals surface area contributed by atoms with Crippen LogP contribution < -0.4 is 15.4 Å². The normalized spacial score (nSPS) is 12.4. The summed E-state index contributed by atoms with van der Waals surface area (Å²) in [6, 6.07) is 15.8. The van der Waals surface area contributed by atoms with E-state index in [1.54, 1.807) is 13.3 Å². The zero-order valence-electron chi connectivity index (χ0n) is 13.8. The minimum atomic E-state index is 0.553. The Kier molecular flexibility index (Phi) is 4.62. The molecule has 0 amide bonds. The number of aromatic nitrogens is 1. The van der Waals surface area contributed by atoms with Gasteiger partial charge in [-0.3, -0.25) is 0 Å². The van der Waals surface area contributed by atoms with Crippen molar-refractivity contribution in [3.63, 3.8) is 0 Å². The van der Waals surface area contributed by atoms with Crippen molar-refractivity contribution in [2.24, 2.45) is 0 Å². The monoisotopic (exact) mass is 317 g/mol. The molecule has 3 heteroatoms. The van der Waals surface area contributed by atoms with Crippen LogP contribution in [0.1, 0.15) is 12.5 Å². The summed E-state index contributed by atoms with van der Waals surface area (Å²) in [5.41, 5.74) is 3.78. The molecule has 0 unspecified atom stereocenters. The molecule has 2 aromatic heterocycles. The van der Waals surface area contributed by atoms with E-state index >= 15 is 0 Å². The molecule has 0 saturated carbocycles. The highest BCUT2D eigenvalue weighted by molar-refractivity contribution is 5.73. The fraction of sp³-hybridized carbons (Fsp3) is 0.0952. The Labute approximate surface area is 141 Å². The summed E-state index contributed by atoms with van der Waals surface area (Å²) in [6.07, 6.45) is 5.74. The Morgan fingerprint density at radius 3 is 2.67 bits per heavy atom. The number of hydrogen-bond donors (Lipinski definition) is 0. The van der Waals surface area contributed by atoms with Gasteiger partial charge in [-0.2, -0.15) is 0 Å². The summed E-state index contributed by atoms with van der Waals surface area (Å²) in [5, 5.41) is 0.845. The fourth-order valence-corrected chi connectivity index (χ4v) is 2.56. The van der Waals surface area contributed by atoms with Crippen molar-refractivity contribution >= 4 is 12.2 Å². The van der Waals surface area contributed by atoms with Gasteiger partial charge in [0.2, 0.25) is 5.88 Å². The number of pyridine rings is 1. The molecule has 0 aliphatic rings. The van der Waals surface area contributed by atoms with E-state index in [9.17, 15) is 0 Å². The van der Waals surface area contributed by atoms with Gasteiger partial charge in [0.1, 0.15) is 11.2 Å². The van der Waals surface area contributed by atoms with Crippen LogP contribution in [0.4, 0.5) is 0 Å². The topological polar surface area (TPSA) is 35.3 Å². The molecule has 0 fully saturated rings. The highest BCUT2D eigenvalue weighted by Gasteiger charge is 2.08. The van der Waals surface area contributed by atoms with Gasteiger partial charge in [0.05, 0.1) is 7.11 Å². The maximum atomic E-state index is 6.13. The van der Waals surface area contributed by atoms with Crippen LogP contribution in [0.3, 0.4) is 0 Å². The molecule has 24 heavy (non-hydrogen) atoms. The third-order valence-electron chi connectivity index (χ3n) is 3.70. The van der Waals surface area contributed by atoms with E-state index in [1.165, 1.54) is 0 Å². The van der Waals surface area contributed by atoms with Crippen LogP contribution in [0.25, 0.3) is 23.5 Å². The molecule has 0 aliphatic heterocycles. The summed E-state index contributed by atoms with van der Waals surface area (Å²) in [7, 11) is 1.60. The molecule has 1 aromatic carbocycles. The van der Waals surface area contributed by atoms with Crippen LogP contribution in [0.5, 0.6) is 5.88 Å². The Morgan fingerprint density at radius 1 is 1.17 bits per heavy atom. The van der Waals surface area contributed by atoms with Crippen LogP contribution in [0.15, 0.2) is 71.3 Å². The Morgan fingerprint density at radius 2 is 1.96 bits per heavy atom. The first-order valence-electron chi connectivity index (χ1n) is 7.74. The number of nitrogens with zero attached hydrogens (tertiary/aromatic N) is 1. The third-order valence-corrected chi connectivity index (χ3v) is 3.70. The van der Waals surface area contributed by atoms with Crippen molar-refractivity contribution in [1.29, 1.82) is 0 Å². The lowest BCUT2D eigenvalue weighted by atomic mass is 10.1. The summed E-state index contributed by atoms with van der Waals surface area (Å²) < 4.78 is 11.3. The quantitative estimate of drug-likeness (QED) is 0.738. The van der Waals surface area contributed by atoms with Gasteiger partial charge in [-0.05, 0) is 24.6 Å². The Balaban J connectivity index is 2.21. The van der Waals surface area contributed by atoms with E-state index < -0.39 is 0 Å². The first-order chi connectivity index (χ1) is 11.7. The largest absolute Gasteiger partial charge is 0.481 e. The fourth-order valence-electron chi connectivity index (χ4n) is 2.56. The van der Waals surface area contributed by atoms with Gasteiger partial charge in [-0.1, -0.05) is 49.1 Å². The molecule has 2 heterocycles. The van der Waals surface area contributed by atoms with E-state index in [1.807, 2.05) is 55.5 Å². The molecule has 3 rings (SSSR count). The SMILES string of the molecule is C=c1cc(-c2ccnc(OC)c2)o/c1=C(/C=C\C)c1ccccc1. The molecule has 0 aliphatic carbocycles. The standard InChI is InChI=1S/C21H19NO2/c1-4-8-18(16-9-6-5-7-10-16)21-15(2)13-19(24-21)17-11-12-22-20(14-17)23-3/h4-14H,2H2,1,3H3/b8-4-,21-18-. The summed E-state index contributed by atoms with van der Waals surface area (Å²) in [6.45, 7) is 6.13. The second-order valence-corrected chi connectivity index (χ2v) is 5.33. The molecule has 0 bridgehead atoms. The Hall–Kier alpha value is -3.07. The summed E-state index contributed by atoms with van der Waals surface area (Å²) >= 11 is 0. The van der Waals surface area contributed by atoms with Gasteiger partial charge < -0.3 is 9.15 Å². The number of rotatable bonds is 4. The van der Waals surface area contributed by atoms with E-state index in [0.29, 0.717) is 5.88 Å². The van der Waals surface area contributed by atoms with Crippen molar-refractivity contribution in [1.82, 2.24) is 4.98 Å². The molecular weight excluding hydrogens is 298 g/mol. The number of allylic oxidation sites excluding steroid dienone is 2. The maximum Gasteiger partial charge on any atom is 0.213 e. The van der Waals surface area contributed by atoms with Crippen LogP contribution in [0.2, 0.25) is 0 Å². The average molecular weight is 317 g/mol. The predicted molar refractivity (Wildman–Crippen MR) is 97.0 cm³/mol. The molecule has 0 spiro atoms. The lowest BCUT2D eigenvalue weighted by Crippen LogP contribution is -2.20. The van der Waals surface area contributed by atoms with Crippen LogP contribution >= 0.6 is 0 Å². The summed E-state index contributed by atoms with van der Waals surface area (Å²) in [4.78, 5) is 4.13. The molecule has 3 nitrogen and oxygen atoms in total. The van der Waals surface area contributed by atoms with Gasteiger partial charge in [0.25, 0.3) is 0 Å². The van der Waals surface area contributed by atoms with Gasteiger partial charge in [-0.25, -0.2) is 4.98 Å². The lowest BCUT2D eigenvalue weighted by Gasteiger charge is -2.02.